The zero-order valence-corrected chi connectivity index (χ0v) is 16.8. The highest BCUT2D eigenvalue weighted by Crippen LogP contribution is 2.22. The van der Waals surface area contributed by atoms with Gasteiger partial charge in [0.05, 0.1) is 18.8 Å². The Hall–Kier alpha value is -2.90. The van der Waals surface area contributed by atoms with Crippen LogP contribution in [0, 0.1) is 6.92 Å². The highest BCUT2D eigenvalue weighted by molar-refractivity contribution is 5.92. The quantitative estimate of drug-likeness (QED) is 0.813. The molecule has 2 aromatic rings. The predicted octanol–water partition coefficient (Wildman–Crippen LogP) is 2.96. The molecule has 4 rings (SSSR count). The first-order valence-corrected chi connectivity index (χ1v) is 10.4. The number of benzene rings is 1. The Morgan fingerprint density at radius 2 is 1.93 bits per heavy atom. The lowest BCUT2D eigenvalue weighted by molar-refractivity contribution is 0.0932. The van der Waals surface area contributed by atoms with Crippen molar-refractivity contribution in [3.63, 3.8) is 0 Å². The van der Waals surface area contributed by atoms with E-state index in [1.54, 1.807) is 10.9 Å². The molecule has 1 aromatic carbocycles. The Labute approximate surface area is 170 Å². The fourth-order valence-electron chi connectivity index (χ4n) is 4.23. The number of nitrogens with one attached hydrogen (secondary N) is 2. The minimum atomic E-state index is -0.163. The largest absolute Gasteiger partial charge is 0.348 e. The minimum absolute atomic E-state index is 0.0338. The van der Waals surface area contributed by atoms with Crippen LogP contribution >= 0.6 is 0 Å². The van der Waals surface area contributed by atoms with Gasteiger partial charge in [-0.1, -0.05) is 36.3 Å². The molecule has 0 spiro atoms. The van der Waals surface area contributed by atoms with E-state index in [1.165, 1.54) is 12.8 Å². The maximum absolute atomic E-state index is 12.8. The molecule has 0 radical (unpaired) electrons. The SMILES string of the molecule is Cc1ccccc1NC(=O)N1CCC[C@H]1Cn1cc(C(=O)NC2CCCC2)nn1. The highest BCUT2D eigenvalue weighted by atomic mass is 16.2. The van der Waals surface area contributed by atoms with Crippen molar-refractivity contribution >= 4 is 17.6 Å². The molecule has 8 heteroatoms. The van der Waals surface area contributed by atoms with Crippen molar-refractivity contribution in [3.05, 3.63) is 41.7 Å². The molecule has 1 saturated heterocycles. The van der Waals surface area contributed by atoms with Gasteiger partial charge >= 0.3 is 6.03 Å². The molecule has 29 heavy (non-hydrogen) atoms. The number of carbonyl (C=O) groups excluding carboxylic acids is 2. The summed E-state index contributed by atoms with van der Waals surface area (Å²) in [5.41, 5.74) is 2.20. The van der Waals surface area contributed by atoms with Crippen LogP contribution in [0.4, 0.5) is 10.5 Å². The molecule has 8 nitrogen and oxygen atoms in total. The van der Waals surface area contributed by atoms with Gasteiger partial charge in [0.15, 0.2) is 5.69 Å². The fraction of sp³-hybridized carbons (Fsp3) is 0.524. The average molecular weight is 396 g/mol. The predicted molar refractivity (Wildman–Crippen MR) is 110 cm³/mol. The Morgan fingerprint density at radius 3 is 2.72 bits per heavy atom. The Kier molecular flexibility index (Phi) is 5.78. The van der Waals surface area contributed by atoms with Crippen molar-refractivity contribution in [2.24, 2.45) is 0 Å². The summed E-state index contributed by atoms with van der Waals surface area (Å²) < 4.78 is 1.67. The van der Waals surface area contributed by atoms with E-state index >= 15 is 0 Å². The van der Waals surface area contributed by atoms with Crippen molar-refractivity contribution < 1.29 is 9.59 Å². The summed E-state index contributed by atoms with van der Waals surface area (Å²) in [7, 11) is 0. The molecule has 3 amide bonds. The van der Waals surface area contributed by atoms with Crippen LogP contribution in [0.25, 0.3) is 0 Å². The van der Waals surface area contributed by atoms with Crippen molar-refractivity contribution in [1.29, 1.82) is 0 Å². The summed E-state index contributed by atoms with van der Waals surface area (Å²) in [6, 6.07) is 7.94. The van der Waals surface area contributed by atoms with Gasteiger partial charge in [0.1, 0.15) is 0 Å². The third kappa shape index (κ3) is 4.58. The third-order valence-electron chi connectivity index (χ3n) is 5.88. The average Bonchev–Trinajstić information content (AvgIpc) is 3.46. The van der Waals surface area contributed by atoms with Crippen LogP contribution in [0.3, 0.4) is 0 Å². The van der Waals surface area contributed by atoms with Crippen molar-refractivity contribution in [1.82, 2.24) is 25.2 Å². The first-order chi connectivity index (χ1) is 14.1. The zero-order valence-electron chi connectivity index (χ0n) is 16.8. The number of carbonyl (C=O) groups is 2. The number of aromatic nitrogens is 3. The number of hydrogen-bond acceptors (Lipinski definition) is 4. The van der Waals surface area contributed by atoms with E-state index in [0.29, 0.717) is 18.8 Å². The molecule has 1 aliphatic heterocycles. The van der Waals surface area contributed by atoms with E-state index in [1.807, 2.05) is 36.1 Å². The zero-order chi connectivity index (χ0) is 20.2. The normalized spacial score (nSPS) is 19.5. The molecule has 1 saturated carbocycles. The molecule has 1 aromatic heterocycles. The Bertz CT molecular complexity index is 874. The third-order valence-corrected chi connectivity index (χ3v) is 5.88. The summed E-state index contributed by atoms with van der Waals surface area (Å²) in [5.74, 6) is -0.163. The first kappa shape index (κ1) is 19.4. The van der Waals surface area contributed by atoms with E-state index in [2.05, 4.69) is 20.9 Å². The van der Waals surface area contributed by atoms with Gasteiger partial charge in [0, 0.05) is 18.3 Å². The fourth-order valence-corrected chi connectivity index (χ4v) is 4.23. The minimum Gasteiger partial charge on any atom is -0.348 e. The van der Waals surface area contributed by atoms with E-state index in [9.17, 15) is 9.59 Å². The second-order valence-electron chi connectivity index (χ2n) is 8.02. The number of urea groups is 1. The number of anilines is 1. The first-order valence-electron chi connectivity index (χ1n) is 10.4. The number of amides is 3. The highest BCUT2D eigenvalue weighted by Gasteiger charge is 2.30. The molecular formula is C21H28N6O2. The number of hydrogen-bond donors (Lipinski definition) is 2. The Balaban J connectivity index is 1.36. The van der Waals surface area contributed by atoms with Crippen LogP contribution < -0.4 is 10.6 Å². The molecular weight excluding hydrogens is 368 g/mol. The van der Waals surface area contributed by atoms with Gasteiger partial charge in [-0.15, -0.1) is 5.10 Å². The summed E-state index contributed by atoms with van der Waals surface area (Å²) in [4.78, 5) is 27.0. The molecule has 1 aliphatic carbocycles. The maximum Gasteiger partial charge on any atom is 0.322 e. The van der Waals surface area contributed by atoms with E-state index in [0.717, 1.165) is 36.9 Å². The number of para-hydroxylation sites is 1. The summed E-state index contributed by atoms with van der Waals surface area (Å²) in [5, 5.41) is 14.2. The van der Waals surface area contributed by atoms with Gasteiger partial charge in [0.2, 0.25) is 0 Å². The molecule has 2 heterocycles. The molecule has 1 atom stereocenters. The van der Waals surface area contributed by atoms with Gasteiger partial charge in [-0.3, -0.25) is 4.79 Å². The van der Waals surface area contributed by atoms with E-state index < -0.39 is 0 Å². The van der Waals surface area contributed by atoms with E-state index in [-0.39, 0.29) is 24.0 Å². The van der Waals surface area contributed by atoms with Crippen LogP contribution in [-0.2, 0) is 6.54 Å². The van der Waals surface area contributed by atoms with E-state index in [4.69, 9.17) is 0 Å². The molecule has 2 N–H and O–H groups in total. The van der Waals surface area contributed by atoms with Crippen molar-refractivity contribution in [2.75, 3.05) is 11.9 Å². The number of nitrogens with zero attached hydrogens (tertiary/aromatic N) is 4. The summed E-state index contributed by atoms with van der Waals surface area (Å²) in [6.45, 7) is 3.22. The molecule has 0 unspecified atom stereocenters. The standard InChI is InChI=1S/C21H28N6O2/c1-15-7-2-5-11-18(15)23-21(29)27-12-6-10-17(27)13-26-14-19(24-25-26)20(28)22-16-8-3-4-9-16/h2,5,7,11,14,16-17H,3-4,6,8-10,12-13H2,1H3,(H,22,28)(H,23,29)/t17-/m0/s1. The Morgan fingerprint density at radius 1 is 1.14 bits per heavy atom. The lowest BCUT2D eigenvalue weighted by Gasteiger charge is -2.25. The number of likely N-dealkylation sites (tertiary alicyclic amines) is 1. The van der Waals surface area contributed by atoms with Crippen LogP contribution in [0.15, 0.2) is 30.5 Å². The van der Waals surface area contributed by atoms with Crippen LogP contribution in [-0.4, -0.2) is 50.5 Å². The molecule has 0 bridgehead atoms. The van der Waals surface area contributed by atoms with Gasteiger partial charge in [-0.05, 0) is 44.2 Å². The van der Waals surface area contributed by atoms with Gasteiger partial charge in [0.25, 0.3) is 5.91 Å². The number of rotatable bonds is 5. The molecule has 2 aliphatic rings. The smallest absolute Gasteiger partial charge is 0.322 e. The second-order valence-corrected chi connectivity index (χ2v) is 8.02. The summed E-state index contributed by atoms with van der Waals surface area (Å²) in [6.07, 6.45) is 7.94. The molecule has 2 fully saturated rings. The number of aryl methyl sites for hydroxylation is 1. The van der Waals surface area contributed by atoms with Crippen LogP contribution in [0.1, 0.15) is 54.6 Å². The summed E-state index contributed by atoms with van der Waals surface area (Å²) >= 11 is 0. The monoisotopic (exact) mass is 396 g/mol. The van der Waals surface area contributed by atoms with Crippen molar-refractivity contribution in [2.45, 2.75) is 64.1 Å². The lowest BCUT2D eigenvalue weighted by Crippen LogP contribution is -2.41. The topological polar surface area (TPSA) is 92.2 Å². The van der Waals surface area contributed by atoms with Crippen molar-refractivity contribution in [3.8, 4) is 0 Å². The lowest BCUT2D eigenvalue weighted by atomic mass is 10.2. The second kappa shape index (κ2) is 8.63. The van der Waals surface area contributed by atoms with Gasteiger partial charge < -0.3 is 15.5 Å². The van der Waals surface area contributed by atoms with Gasteiger partial charge in [-0.2, -0.15) is 0 Å². The van der Waals surface area contributed by atoms with Gasteiger partial charge in [-0.25, -0.2) is 9.48 Å². The van der Waals surface area contributed by atoms with Crippen LogP contribution in [0.2, 0.25) is 0 Å². The molecule has 154 valence electrons. The van der Waals surface area contributed by atoms with Crippen LogP contribution in [0.5, 0.6) is 0 Å². The maximum atomic E-state index is 12.8.